The van der Waals surface area contributed by atoms with Gasteiger partial charge in [-0.2, -0.15) is 0 Å². The number of nitrogens with zero attached hydrogens (tertiary/aromatic N) is 1. The summed E-state index contributed by atoms with van der Waals surface area (Å²) in [6, 6.07) is 3.94. The lowest BCUT2D eigenvalue weighted by molar-refractivity contribution is 0.157. The van der Waals surface area contributed by atoms with Crippen molar-refractivity contribution in [1.29, 1.82) is 0 Å². The van der Waals surface area contributed by atoms with Gasteiger partial charge in [0, 0.05) is 18.8 Å². The fourth-order valence-electron chi connectivity index (χ4n) is 1.55. The van der Waals surface area contributed by atoms with E-state index in [-0.39, 0.29) is 12.1 Å². The second-order valence-corrected chi connectivity index (χ2v) is 4.37. The van der Waals surface area contributed by atoms with E-state index in [1.54, 1.807) is 6.20 Å². The minimum atomic E-state index is -0.273. The summed E-state index contributed by atoms with van der Waals surface area (Å²) in [5, 5.41) is 13.4. The van der Waals surface area contributed by atoms with E-state index < -0.39 is 0 Å². The largest absolute Gasteiger partial charge is 0.392 e. The maximum Gasteiger partial charge on any atom is 0.129 e. The molecule has 0 fully saturated rings. The fourth-order valence-corrected chi connectivity index (χ4v) is 1.74. The van der Waals surface area contributed by atoms with Gasteiger partial charge in [-0.1, -0.05) is 24.9 Å². The van der Waals surface area contributed by atoms with Gasteiger partial charge in [0.1, 0.15) is 5.15 Å². The first-order chi connectivity index (χ1) is 7.63. The highest BCUT2D eigenvalue weighted by molar-refractivity contribution is 6.29. The topological polar surface area (TPSA) is 45.1 Å². The summed E-state index contributed by atoms with van der Waals surface area (Å²) in [6.45, 7) is 4.72. The summed E-state index contributed by atoms with van der Waals surface area (Å²) in [7, 11) is 0. The second-order valence-electron chi connectivity index (χ2n) is 3.98. The van der Waals surface area contributed by atoms with Crippen LogP contribution in [0, 0.1) is 0 Å². The van der Waals surface area contributed by atoms with Gasteiger partial charge in [-0.05, 0) is 31.0 Å². The standard InChI is InChI=1S/C12H19ClN2O/c1-3-4-11(16)8-15-9(2)10-5-6-14-12(13)7-10/h5-7,9,11,15-16H,3-4,8H2,1-2H3. The van der Waals surface area contributed by atoms with E-state index >= 15 is 0 Å². The third-order valence-corrected chi connectivity index (χ3v) is 2.74. The third-order valence-electron chi connectivity index (χ3n) is 2.53. The first kappa shape index (κ1) is 13.4. The Morgan fingerprint density at radius 3 is 2.94 bits per heavy atom. The first-order valence-corrected chi connectivity index (χ1v) is 6.04. The molecule has 3 nitrogen and oxygen atoms in total. The fraction of sp³-hybridized carbons (Fsp3) is 0.583. The number of hydrogen-bond donors (Lipinski definition) is 2. The first-order valence-electron chi connectivity index (χ1n) is 5.66. The smallest absolute Gasteiger partial charge is 0.129 e. The molecule has 2 atom stereocenters. The molecule has 0 saturated carbocycles. The Hall–Kier alpha value is -0.640. The molecule has 0 amide bonds. The van der Waals surface area contributed by atoms with Crippen molar-refractivity contribution in [1.82, 2.24) is 10.3 Å². The zero-order chi connectivity index (χ0) is 12.0. The van der Waals surface area contributed by atoms with Gasteiger partial charge in [0.05, 0.1) is 6.10 Å². The highest BCUT2D eigenvalue weighted by atomic mass is 35.5. The lowest BCUT2D eigenvalue weighted by Crippen LogP contribution is -2.28. The van der Waals surface area contributed by atoms with Crippen molar-refractivity contribution in [3.8, 4) is 0 Å². The van der Waals surface area contributed by atoms with Gasteiger partial charge in [0.15, 0.2) is 0 Å². The van der Waals surface area contributed by atoms with Crippen molar-refractivity contribution in [2.45, 2.75) is 38.8 Å². The Morgan fingerprint density at radius 1 is 1.56 bits per heavy atom. The van der Waals surface area contributed by atoms with Crippen molar-refractivity contribution in [2.75, 3.05) is 6.54 Å². The van der Waals surface area contributed by atoms with Crippen molar-refractivity contribution >= 4 is 11.6 Å². The van der Waals surface area contributed by atoms with E-state index in [4.69, 9.17) is 11.6 Å². The van der Waals surface area contributed by atoms with Gasteiger partial charge in [0.2, 0.25) is 0 Å². The third kappa shape index (κ3) is 4.47. The quantitative estimate of drug-likeness (QED) is 0.754. The number of aliphatic hydroxyl groups excluding tert-OH is 1. The average Bonchev–Trinajstić information content (AvgIpc) is 2.26. The van der Waals surface area contributed by atoms with Gasteiger partial charge >= 0.3 is 0 Å². The van der Waals surface area contributed by atoms with E-state index in [0.717, 1.165) is 18.4 Å². The Bertz CT molecular complexity index is 320. The van der Waals surface area contributed by atoms with Crippen LogP contribution in [-0.2, 0) is 0 Å². The molecular weight excluding hydrogens is 224 g/mol. The summed E-state index contributed by atoms with van der Waals surface area (Å²) in [6.07, 6.45) is 3.25. The molecule has 0 spiro atoms. The molecule has 0 aromatic carbocycles. The minimum Gasteiger partial charge on any atom is -0.392 e. The van der Waals surface area contributed by atoms with Crippen LogP contribution in [0.3, 0.4) is 0 Å². The molecule has 0 bridgehead atoms. The molecule has 1 aromatic rings. The molecule has 2 N–H and O–H groups in total. The maximum absolute atomic E-state index is 9.60. The van der Waals surface area contributed by atoms with Gasteiger partial charge in [-0.3, -0.25) is 0 Å². The van der Waals surface area contributed by atoms with Crippen LogP contribution in [0.5, 0.6) is 0 Å². The molecule has 2 unspecified atom stereocenters. The molecule has 0 aliphatic carbocycles. The molecular formula is C12H19ClN2O. The number of pyridine rings is 1. The molecule has 4 heteroatoms. The predicted molar refractivity (Wildman–Crippen MR) is 66.6 cm³/mol. The molecule has 0 aliphatic heterocycles. The highest BCUT2D eigenvalue weighted by Gasteiger charge is 2.08. The zero-order valence-corrected chi connectivity index (χ0v) is 10.5. The molecule has 1 rings (SSSR count). The summed E-state index contributed by atoms with van der Waals surface area (Å²) < 4.78 is 0. The number of hydrogen-bond acceptors (Lipinski definition) is 3. The lowest BCUT2D eigenvalue weighted by Gasteiger charge is -2.17. The van der Waals surface area contributed by atoms with Crippen molar-refractivity contribution < 1.29 is 5.11 Å². The van der Waals surface area contributed by atoms with E-state index in [1.807, 2.05) is 19.1 Å². The van der Waals surface area contributed by atoms with Crippen molar-refractivity contribution in [3.05, 3.63) is 29.0 Å². The van der Waals surface area contributed by atoms with Gasteiger partial charge in [0.25, 0.3) is 0 Å². The molecule has 1 heterocycles. The molecule has 0 saturated heterocycles. The van der Waals surface area contributed by atoms with Crippen LogP contribution >= 0.6 is 11.6 Å². The average molecular weight is 243 g/mol. The van der Waals surface area contributed by atoms with Crippen LogP contribution in [0.4, 0.5) is 0 Å². The molecule has 1 aromatic heterocycles. The molecule has 16 heavy (non-hydrogen) atoms. The van der Waals surface area contributed by atoms with E-state index in [9.17, 15) is 5.11 Å². The van der Waals surface area contributed by atoms with Gasteiger partial charge in [-0.25, -0.2) is 4.98 Å². The second kappa shape index (κ2) is 6.84. The molecule has 90 valence electrons. The Balaban J connectivity index is 2.43. The van der Waals surface area contributed by atoms with Crippen molar-refractivity contribution in [2.24, 2.45) is 0 Å². The Morgan fingerprint density at radius 2 is 2.31 bits per heavy atom. The van der Waals surface area contributed by atoms with E-state index in [1.165, 1.54) is 0 Å². The number of aromatic nitrogens is 1. The van der Waals surface area contributed by atoms with Gasteiger partial charge < -0.3 is 10.4 Å². The van der Waals surface area contributed by atoms with Gasteiger partial charge in [-0.15, -0.1) is 0 Å². The molecule has 0 radical (unpaired) electrons. The monoisotopic (exact) mass is 242 g/mol. The number of rotatable bonds is 6. The Kier molecular flexibility index (Phi) is 5.74. The summed E-state index contributed by atoms with van der Waals surface area (Å²) in [5.74, 6) is 0. The van der Waals surface area contributed by atoms with Crippen LogP contribution in [-0.4, -0.2) is 22.7 Å². The molecule has 0 aliphatic rings. The number of nitrogens with one attached hydrogen (secondary N) is 1. The minimum absolute atomic E-state index is 0.173. The van der Waals surface area contributed by atoms with E-state index in [2.05, 4.69) is 17.2 Å². The number of aliphatic hydroxyl groups is 1. The normalized spacial score (nSPS) is 14.8. The van der Waals surface area contributed by atoms with Crippen LogP contribution < -0.4 is 5.32 Å². The zero-order valence-electron chi connectivity index (χ0n) is 9.78. The summed E-state index contributed by atoms with van der Waals surface area (Å²) in [4.78, 5) is 3.94. The lowest BCUT2D eigenvalue weighted by atomic mass is 10.1. The van der Waals surface area contributed by atoms with E-state index in [0.29, 0.717) is 11.7 Å². The predicted octanol–water partition coefficient (Wildman–Crippen LogP) is 2.55. The van der Waals surface area contributed by atoms with Crippen LogP contribution in [0.2, 0.25) is 5.15 Å². The summed E-state index contributed by atoms with van der Waals surface area (Å²) >= 11 is 5.81. The summed E-state index contributed by atoms with van der Waals surface area (Å²) in [5.41, 5.74) is 1.09. The van der Waals surface area contributed by atoms with Crippen LogP contribution in [0.25, 0.3) is 0 Å². The van der Waals surface area contributed by atoms with Crippen molar-refractivity contribution in [3.63, 3.8) is 0 Å². The highest BCUT2D eigenvalue weighted by Crippen LogP contribution is 2.15. The SMILES string of the molecule is CCCC(O)CNC(C)c1ccnc(Cl)c1. The van der Waals surface area contributed by atoms with Crippen LogP contribution in [0.1, 0.15) is 38.3 Å². The van der Waals surface area contributed by atoms with Crippen LogP contribution in [0.15, 0.2) is 18.3 Å². The Labute approximate surface area is 102 Å². The number of halogens is 1. The maximum atomic E-state index is 9.60.